The van der Waals surface area contributed by atoms with Crippen molar-refractivity contribution in [3.8, 4) is 0 Å². The number of likely N-dealkylation sites (tertiary alicyclic amines) is 1. The maximum atomic E-state index is 12.4. The van der Waals surface area contributed by atoms with Gasteiger partial charge in [-0.15, -0.1) is 0 Å². The van der Waals surface area contributed by atoms with E-state index >= 15 is 0 Å². The third-order valence-electron chi connectivity index (χ3n) is 5.69. The topological polar surface area (TPSA) is 61.9 Å². The SMILES string of the molecule is COC1CCN(S(=O)(=O)NCCN2CC[C@@H](c3ccccc3C)C2)CC1. The first-order valence-corrected chi connectivity index (χ1v) is 11.0. The molecule has 0 radical (unpaired) electrons. The minimum Gasteiger partial charge on any atom is -0.381 e. The Morgan fingerprint density at radius 2 is 1.88 bits per heavy atom. The van der Waals surface area contributed by atoms with Crippen LogP contribution in [0.5, 0.6) is 0 Å². The monoisotopic (exact) mass is 381 g/mol. The fourth-order valence-electron chi connectivity index (χ4n) is 4.07. The summed E-state index contributed by atoms with van der Waals surface area (Å²) in [5, 5.41) is 0. The van der Waals surface area contributed by atoms with Crippen LogP contribution in [0.3, 0.4) is 0 Å². The highest BCUT2D eigenvalue weighted by molar-refractivity contribution is 7.87. The van der Waals surface area contributed by atoms with Gasteiger partial charge < -0.3 is 9.64 Å². The Hall–Kier alpha value is -0.990. The summed E-state index contributed by atoms with van der Waals surface area (Å²) in [7, 11) is -1.69. The van der Waals surface area contributed by atoms with Crippen LogP contribution in [0.1, 0.15) is 36.3 Å². The molecule has 2 aliphatic heterocycles. The molecule has 1 aromatic rings. The molecular formula is C19H31N3O3S. The van der Waals surface area contributed by atoms with Gasteiger partial charge in [0.15, 0.2) is 0 Å². The summed E-state index contributed by atoms with van der Waals surface area (Å²) in [5.41, 5.74) is 2.77. The van der Waals surface area contributed by atoms with Crippen LogP contribution in [0.4, 0.5) is 0 Å². The maximum Gasteiger partial charge on any atom is 0.279 e. The molecule has 146 valence electrons. The van der Waals surface area contributed by atoms with Gasteiger partial charge in [-0.1, -0.05) is 24.3 Å². The van der Waals surface area contributed by atoms with E-state index < -0.39 is 10.2 Å². The first-order valence-electron chi connectivity index (χ1n) is 9.55. The Morgan fingerprint density at radius 1 is 1.15 bits per heavy atom. The first kappa shape index (κ1) is 19.8. The number of methoxy groups -OCH3 is 1. The van der Waals surface area contributed by atoms with Crippen LogP contribution < -0.4 is 4.72 Å². The zero-order chi connectivity index (χ0) is 18.6. The fourth-order valence-corrected chi connectivity index (χ4v) is 5.29. The molecule has 2 saturated heterocycles. The molecule has 0 aromatic heterocycles. The molecule has 3 rings (SSSR count). The van der Waals surface area contributed by atoms with E-state index in [1.165, 1.54) is 11.1 Å². The van der Waals surface area contributed by atoms with Crippen LogP contribution in [-0.4, -0.2) is 70.1 Å². The lowest BCUT2D eigenvalue weighted by Gasteiger charge is -2.30. The Bertz CT molecular complexity index is 687. The van der Waals surface area contributed by atoms with Crippen molar-refractivity contribution >= 4 is 10.2 Å². The molecule has 0 aliphatic carbocycles. The predicted octanol–water partition coefficient (Wildman–Crippen LogP) is 1.73. The molecule has 0 amide bonds. The number of hydrogen-bond acceptors (Lipinski definition) is 4. The zero-order valence-corrected chi connectivity index (χ0v) is 16.7. The highest BCUT2D eigenvalue weighted by atomic mass is 32.2. The molecule has 0 saturated carbocycles. The van der Waals surface area contributed by atoms with E-state index in [9.17, 15) is 8.42 Å². The van der Waals surface area contributed by atoms with E-state index in [4.69, 9.17) is 4.74 Å². The Balaban J connectivity index is 1.43. The Labute approximate surface area is 157 Å². The molecule has 2 heterocycles. The fraction of sp³-hybridized carbons (Fsp3) is 0.684. The lowest BCUT2D eigenvalue weighted by molar-refractivity contribution is 0.0602. The summed E-state index contributed by atoms with van der Waals surface area (Å²) in [5.74, 6) is 0.556. The van der Waals surface area contributed by atoms with Gasteiger partial charge >= 0.3 is 0 Å². The molecular weight excluding hydrogens is 350 g/mol. The third kappa shape index (κ3) is 4.84. The number of nitrogens with zero attached hydrogens (tertiary/aromatic N) is 2. The van der Waals surface area contributed by atoms with Crippen LogP contribution in [0.15, 0.2) is 24.3 Å². The highest BCUT2D eigenvalue weighted by Crippen LogP contribution is 2.28. The van der Waals surface area contributed by atoms with E-state index in [1.54, 1.807) is 11.4 Å². The summed E-state index contributed by atoms with van der Waals surface area (Å²) in [6.45, 7) is 6.49. The second-order valence-corrected chi connectivity index (χ2v) is 9.13. The van der Waals surface area contributed by atoms with Gasteiger partial charge in [0.1, 0.15) is 0 Å². The minimum atomic E-state index is -3.38. The summed E-state index contributed by atoms with van der Waals surface area (Å²) < 4.78 is 34.5. The minimum absolute atomic E-state index is 0.185. The van der Waals surface area contributed by atoms with Crippen molar-refractivity contribution in [3.05, 3.63) is 35.4 Å². The van der Waals surface area contributed by atoms with E-state index in [0.717, 1.165) is 38.9 Å². The van der Waals surface area contributed by atoms with Gasteiger partial charge in [-0.3, -0.25) is 0 Å². The van der Waals surface area contributed by atoms with Crippen molar-refractivity contribution in [2.24, 2.45) is 0 Å². The van der Waals surface area contributed by atoms with Crippen molar-refractivity contribution in [1.29, 1.82) is 0 Å². The van der Waals surface area contributed by atoms with Crippen LogP contribution in [0.2, 0.25) is 0 Å². The number of nitrogens with one attached hydrogen (secondary N) is 1. The molecule has 2 fully saturated rings. The van der Waals surface area contributed by atoms with Crippen LogP contribution in [0.25, 0.3) is 0 Å². The van der Waals surface area contributed by atoms with Crippen molar-refractivity contribution in [1.82, 2.24) is 13.9 Å². The average Bonchev–Trinajstić information content (AvgIpc) is 3.10. The summed E-state index contributed by atoms with van der Waals surface area (Å²) >= 11 is 0. The molecule has 2 aliphatic rings. The van der Waals surface area contributed by atoms with Gasteiger partial charge in [-0.2, -0.15) is 12.7 Å². The number of aryl methyl sites for hydroxylation is 1. The van der Waals surface area contributed by atoms with Crippen LogP contribution >= 0.6 is 0 Å². The largest absolute Gasteiger partial charge is 0.381 e. The van der Waals surface area contributed by atoms with Gasteiger partial charge in [-0.05, 0) is 49.8 Å². The van der Waals surface area contributed by atoms with Crippen LogP contribution in [0, 0.1) is 6.92 Å². The Morgan fingerprint density at radius 3 is 2.58 bits per heavy atom. The predicted molar refractivity (Wildman–Crippen MR) is 104 cm³/mol. The van der Waals surface area contributed by atoms with E-state index in [0.29, 0.717) is 25.6 Å². The third-order valence-corrected chi connectivity index (χ3v) is 7.30. The zero-order valence-electron chi connectivity index (χ0n) is 15.9. The van der Waals surface area contributed by atoms with Crippen molar-refractivity contribution < 1.29 is 13.2 Å². The molecule has 26 heavy (non-hydrogen) atoms. The quantitative estimate of drug-likeness (QED) is 0.781. The van der Waals surface area contributed by atoms with E-state index in [-0.39, 0.29) is 6.10 Å². The van der Waals surface area contributed by atoms with Gasteiger partial charge in [-0.25, -0.2) is 4.72 Å². The molecule has 1 N–H and O–H groups in total. The number of ether oxygens (including phenoxy) is 1. The second-order valence-electron chi connectivity index (χ2n) is 7.38. The van der Waals surface area contributed by atoms with Gasteiger partial charge in [0, 0.05) is 39.8 Å². The number of rotatable bonds is 7. The Kier molecular flexibility index (Phi) is 6.69. The molecule has 0 bridgehead atoms. The highest BCUT2D eigenvalue weighted by Gasteiger charge is 2.28. The normalized spacial score (nSPS) is 23.5. The van der Waals surface area contributed by atoms with Gasteiger partial charge in [0.05, 0.1) is 6.10 Å². The summed E-state index contributed by atoms with van der Waals surface area (Å²) in [6, 6.07) is 8.57. The summed E-state index contributed by atoms with van der Waals surface area (Å²) in [6.07, 6.45) is 2.86. The van der Waals surface area contributed by atoms with Gasteiger partial charge in [0.2, 0.25) is 0 Å². The first-order chi connectivity index (χ1) is 12.5. The standard InChI is InChI=1S/C19H31N3O3S/c1-16-5-3-4-6-19(16)17-7-11-21(15-17)14-10-20-26(23,24)22-12-8-18(25-2)9-13-22/h3-6,17-18,20H,7-15H2,1-2H3/t17-/m1/s1. The smallest absolute Gasteiger partial charge is 0.279 e. The molecule has 0 spiro atoms. The molecule has 6 nitrogen and oxygen atoms in total. The second kappa shape index (κ2) is 8.80. The molecule has 7 heteroatoms. The maximum absolute atomic E-state index is 12.4. The molecule has 1 aromatic carbocycles. The average molecular weight is 382 g/mol. The number of piperidine rings is 1. The van der Waals surface area contributed by atoms with Gasteiger partial charge in [0.25, 0.3) is 10.2 Å². The summed E-state index contributed by atoms with van der Waals surface area (Å²) in [4.78, 5) is 2.36. The van der Waals surface area contributed by atoms with Crippen molar-refractivity contribution in [2.75, 3.05) is 46.4 Å². The van der Waals surface area contributed by atoms with Crippen LogP contribution in [-0.2, 0) is 14.9 Å². The van der Waals surface area contributed by atoms with E-state index in [1.807, 2.05) is 0 Å². The number of benzene rings is 1. The molecule has 0 unspecified atom stereocenters. The molecule has 1 atom stereocenters. The lowest BCUT2D eigenvalue weighted by Crippen LogP contribution is -2.47. The lowest BCUT2D eigenvalue weighted by atomic mass is 9.94. The number of hydrogen-bond donors (Lipinski definition) is 1. The van der Waals surface area contributed by atoms with Crippen molar-refractivity contribution in [3.63, 3.8) is 0 Å². The van der Waals surface area contributed by atoms with Crippen molar-refractivity contribution in [2.45, 2.75) is 38.2 Å². The van der Waals surface area contributed by atoms with E-state index in [2.05, 4.69) is 40.8 Å².